The minimum Gasteiger partial charge on any atom is -0.497 e. The first-order chi connectivity index (χ1) is 11.7. The molecule has 0 aliphatic carbocycles. The lowest BCUT2D eigenvalue weighted by Gasteiger charge is -2.46. The number of hydrogen-bond donors (Lipinski definition) is 0. The largest absolute Gasteiger partial charge is 0.497 e. The molecule has 5 nitrogen and oxygen atoms in total. The van der Waals surface area contributed by atoms with E-state index in [9.17, 15) is 4.79 Å². The van der Waals surface area contributed by atoms with Gasteiger partial charge in [0, 0.05) is 31.2 Å². The monoisotopic (exact) mass is 347 g/mol. The molecule has 1 fully saturated rings. The van der Waals surface area contributed by atoms with E-state index in [2.05, 4.69) is 0 Å². The van der Waals surface area contributed by atoms with Crippen molar-refractivity contribution in [3.8, 4) is 11.5 Å². The maximum atomic E-state index is 12.6. The number of rotatable bonds is 8. The summed E-state index contributed by atoms with van der Waals surface area (Å²) in [4.78, 5) is 15.6. The Balaban J connectivity index is 1.74. The van der Waals surface area contributed by atoms with Crippen molar-refractivity contribution in [2.24, 2.45) is 0 Å². The first kappa shape index (κ1) is 16.8. The van der Waals surface area contributed by atoms with Crippen LogP contribution >= 0.6 is 11.3 Å². The molecule has 2 unspecified atom stereocenters. The number of methoxy groups -OCH3 is 2. The number of likely N-dealkylation sites (tertiary alicyclic amines) is 1. The third-order valence-corrected chi connectivity index (χ3v) is 4.98. The van der Waals surface area contributed by atoms with Crippen LogP contribution in [0.2, 0.25) is 0 Å². The number of carbonyl (C=O) groups is 1. The standard InChI is InChI=1S/C18H21NO4S/c1-21-10-5-9-19-16(15-8-4-11-24-15)17(18(19)20)23-14-7-3-6-13(12-14)22-2/h3-4,6-8,11-12,16-17H,5,9-10H2,1-2H3. The van der Waals surface area contributed by atoms with Crippen LogP contribution in [0.25, 0.3) is 0 Å². The van der Waals surface area contributed by atoms with Gasteiger partial charge in [-0.3, -0.25) is 4.79 Å². The lowest BCUT2D eigenvalue weighted by molar-refractivity contribution is -0.164. The number of thiophene rings is 1. The second-order valence-corrected chi connectivity index (χ2v) is 6.53. The maximum Gasteiger partial charge on any atom is 0.266 e. The first-order valence-corrected chi connectivity index (χ1v) is 8.76. The lowest BCUT2D eigenvalue weighted by Crippen LogP contribution is -2.61. The molecule has 1 amide bonds. The molecule has 1 aliphatic heterocycles. The van der Waals surface area contributed by atoms with Gasteiger partial charge in [0.05, 0.1) is 7.11 Å². The van der Waals surface area contributed by atoms with Gasteiger partial charge in [-0.1, -0.05) is 12.1 Å². The molecule has 128 valence electrons. The smallest absolute Gasteiger partial charge is 0.266 e. The number of β-lactam (4-membered cyclic amide) rings is 1. The van der Waals surface area contributed by atoms with Crippen molar-refractivity contribution in [3.63, 3.8) is 0 Å². The van der Waals surface area contributed by atoms with Gasteiger partial charge in [-0.25, -0.2) is 0 Å². The first-order valence-electron chi connectivity index (χ1n) is 7.88. The van der Waals surface area contributed by atoms with Gasteiger partial charge in [-0.2, -0.15) is 0 Å². The molecule has 0 radical (unpaired) electrons. The fraction of sp³-hybridized carbons (Fsp3) is 0.389. The Morgan fingerprint density at radius 3 is 2.71 bits per heavy atom. The highest BCUT2D eigenvalue weighted by Crippen LogP contribution is 2.40. The average molecular weight is 347 g/mol. The second-order valence-electron chi connectivity index (χ2n) is 5.56. The number of amides is 1. The van der Waals surface area contributed by atoms with E-state index in [-0.39, 0.29) is 11.9 Å². The van der Waals surface area contributed by atoms with Gasteiger partial charge in [-0.05, 0) is 30.0 Å². The number of ether oxygens (including phenoxy) is 3. The minimum absolute atomic E-state index is 0.0207. The van der Waals surface area contributed by atoms with E-state index in [0.717, 1.165) is 11.3 Å². The Kier molecular flexibility index (Phi) is 5.37. The van der Waals surface area contributed by atoms with Crippen molar-refractivity contribution in [1.82, 2.24) is 4.90 Å². The Morgan fingerprint density at radius 1 is 1.17 bits per heavy atom. The molecular weight excluding hydrogens is 326 g/mol. The lowest BCUT2D eigenvalue weighted by atomic mass is 9.95. The van der Waals surface area contributed by atoms with Crippen LogP contribution in [0, 0.1) is 0 Å². The van der Waals surface area contributed by atoms with Gasteiger partial charge in [0.1, 0.15) is 17.5 Å². The van der Waals surface area contributed by atoms with E-state index < -0.39 is 6.10 Å². The van der Waals surface area contributed by atoms with Gasteiger partial charge in [-0.15, -0.1) is 11.3 Å². The highest BCUT2D eigenvalue weighted by Gasteiger charge is 2.50. The van der Waals surface area contributed by atoms with E-state index in [1.807, 2.05) is 40.6 Å². The number of benzene rings is 1. The van der Waals surface area contributed by atoms with Crippen LogP contribution < -0.4 is 9.47 Å². The third kappa shape index (κ3) is 3.39. The summed E-state index contributed by atoms with van der Waals surface area (Å²) in [6, 6.07) is 11.4. The van der Waals surface area contributed by atoms with E-state index in [0.29, 0.717) is 24.7 Å². The topological polar surface area (TPSA) is 48.0 Å². The van der Waals surface area contributed by atoms with E-state index in [4.69, 9.17) is 14.2 Å². The van der Waals surface area contributed by atoms with Crippen LogP contribution in [0.3, 0.4) is 0 Å². The molecule has 0 N–H and O–H groups in total. The van der Waals surface area contributed by atoms with Gasteiger partial charge >= 0.3 is 0 Å². The van der Waals surface area contributed by atoms with Crippen LogP contribution in [0.5, 0.6) is 11.5 Å². The number of hydrogen-bond acceptors (Lipinski definition) is 5. The van der Waals surface area contributed by atoms with E-state index in [1.165, 1.54) is 0 Å². The summed E-state index contributed by atoms with van der Waals surface area (Å²) < 4.78 is 16.3. The molecule has 1 saturated heterocycles. The van der Waals surface area contributed by atoms with Gasteiger partial charge < -0.3 is 19.1 Å². The molecule has 1 aromatic carbocycles. The molecule has 1 aromatic heterocycles. The Hall–Kier alpha value is -2.05. The molecule has 2 heterocycles. The predicted molar refractivity (Wildman–Crippen MR) is 92.7 cm³/mol. The van der Waals surface area contributed by atoms with Crippen molar-refractivity contribution in [3.05, 3.63) is 46.7 Å². The Morgan fingerprint density at radius 2 is 2.00 bits per heavy atom. The van der Waals surface area contributed by atoms with Crippen molar-refractivity contribution >= 4 is 17.2 Å². The Labute approximate surface area is 145 Å². The SMILES string of the molecule is COCCCN1C(=O)C(Oc2cccc(OC)c2)C1c1cccs1. The Bertz CT molecular complexity index is 673. The van der Waals surface area contributed by atoms with Crippen LogP contribution in [0.15, 0.2) is 41.8 Å². The van der Waals surface area contributed by atoms with Crippen molar-refractivity contribution in [2.45, 2.75) is 18.6 Å². The summed E-state index contributed by atoms with van der Waals surface area (Å²) in [5.74, 6) is 1.38. The fourth-order valence-electron chi connectivity index (χ4n) is 2.84. The van der Waals surface area contributed by atoms with Crippen molar-refractivity contribution in [1.29, 1.82) is 0 Å². The number of nitrogens with zero attached hydrogens (tertiary/aromatic N) is 1. The molecule has 2 aromatic rings. The molecule has 1 aliphatic rings. The maximum absolute atomic E-state index is 12.6. The van der Waals surface area contributed by atoms with Crippen LogP contribution in [-0.2, 0) is 9.53 Å². The molecule has 0 spiro atoms. The normalized spacial score (nSPS) is 19.9. The third-order valence-electron chi connectivity index (χ3n) is 4.04. The quantitative estimate of drug-likeness (QED) is 0.544. The van der Waals surface area contributed by atoms with Gasteiger partial charge in [0.25, 0.3) is 5.91 Å². The summed E-state index contributed by atoms with van der Waals surface area (Å²) >= 11 is 1.64. The van der Waals surface area contributed by atoms with E-state index >= 15 is 0 Å². The summed E-state index contributed by atoms with van der Waals surface area (Å²) in [5, 5.41) is 2.02. The van der Waals surface area contributed by atoms with Crippen LogP contribution in [-0.4, -0.2) is 44.3 Å². The molecule has 2 atom stereocenters. The molecule has 6 heteroatoms. The molecule has 24 heavy (non-hydrogen) atoms. The summed E-state index contributed by atoms with van der Waals surface area (Å²) in [6.45, 7) is 1.32. The molecular formula is C18H21NO4S. The highest BCUT2D eigenvalue weighted by molar-refractivity contribution is 7.10. The molecule has 0 bridgehead atoms. The zero-order chi connectivity index (χ0) is 16.9. The van der Waals surface area contributed by atoms with E-state index in [1.54, 1.807) is 31.6 Å². The predicted octanol–water partition coefficient (Wildman–Crippen LogP) is 3.12. The number of carbonyl (C=O) groups excluding carboxylic acids is 1. The van der Waals surface area contributed by atoms with Crippen LogP contribution in [0.1, 0.15) is 17.3 Å². The average Bonchev–Trinajstić information content (AvgIpc) is 3.13. The zero-order valence-corrected chi connectivity index (χ0v) is 14.6. The fourth-order valence-corrected chi connectivity index (χ4v) is 3.71. The highest BCUT2D eigenvalue weighted by atomic mass is 32.1. The summed E-state index contributed by atoms with van der Waals surface area (Å²) in [6.07, 6.45) is 0.328. The zero-order valence-electron chi connectivity index (χ0n) is 13.8. The van der Waals surface area contributed by atoms with Crippen molar-refractivity contribution < 1.29 is 19.0 Å². The van der Waals surface area contributed by atoms with Gasteiger partial charge in [0.2, 0.25) is 6.10 Å². The van der Waals surface area contributed by atoms with Gasteiger partial charge in [0.15, 0.2) is 0 Å². The van der Waals surface area contributed by atoms with Crippen LogP contribution in [0.4, 0.5) is 0 Å². The molecule has 0 saturated carbocycles. The summed E-state index contributed by atoms with van der Waals surface area (Å²) in [7, 11) is 3.28. The summed E-state index contributed by atoms with van der Waals surface area (Å²) in [5.41, 5.74) is 0. The second kappa shape index (κ2) is 7.68. The van der Waals surface area contributed by atoms with Crippen molar-refractivity contribution in [2.75, 3.05) is 27.4 Å². The molecule has 3 rings (SSSR count). The minimum atomic E-state index is -0.488.